The lowest BCUT2D eigenvalue weighted by Gasteiger charge is -2.46. The minimum absolute atomic E-state index is 0.0233. The van der Waals surface area contributed by atoms with Crippen LogP contribution in [0.1, 0.15) is 33.6 Å². The Balaban J connectivity index is 1.92. The topological polar surface area (TPSA) is 38.0 Å². The molecule has 2 fully saturated rings. The van der Waals surface area contributed by atoms with E-state index in [1.807, 2.05) is 6.92 Å². The average Bonchev–Trinajstić information content (AvgIpc) is 2.47. The molecule has 0 aromatic heterocycles. The third-order valence-corrected chi connectivity index (χ3v) is 6.24. The van der Waals surface area contributed by atoms with Gasteiger partial charge in [-0.1, -0.05) is 19.8 Å². The van der Waals surface area contributed by atoms with E-state index in [1.165, 1.54) is 12.8 Å². The maximum Gasteiger partial charge on any atom is 0.218 e. The van der Waals surface area contributed by atoms with Crippen molar-refractivity contribution in [3.63, 3.8) is 0 Å². The zero-order valence-electron chi connectivity index (χ0n) is 12.9. The van der Waals surface area contributed by atoms with Gasteiger partial charge < -0.3 is 11.1 Å². The van der Waals surface area contributed by atoms with Crippen molar-refractivity contribution in [3.05, 3.63) is 12.3 Å². The summed E-state index contributed by atoms with van der Waals surface area (Å²) in [5.41, 5.74) is 8.14. The molecule has 7 atom stereocenters. The van der Waals surface area contributed by atoms with Crippen molar-refractivity contribution in [2.75, 3.05) is 0 Å². The van der Waals surface area contributed by atoms with Gasteiger partial charge in [-0.15, -0.1) is 15.1 Å². The maximum absolute atomic E-state index is 6.61. The summed E-state index contributed by atoms with van der Waals surface area (Å²) in [5, 5.41) is 2.93. The summed E-state index contributed by atoms with van der Waals surface area (Å²) in [6, 6.07) is 2.92. The van der Waals surface area contributed by atoms with Crippen LogP contribution in [0.5, 0.6) is 0 Å². The Morgan fingerprint density at radius 3 is 2.90 bits per heavy atom. The minimum Gasteiger partial charge on any atom is -0.325 e. The van der Waals surface area contributed by atoms with Gasteiger partial charge in [0, 0.05) is 11.2 Å². The van der Waals surface area contributed by atoms with Crippen LogP contribution in [0, 0.1) is 35.5 Å². The molecule has 2 aliphatic carbocycles. The van der Waals surface area contributed by atoms with Crippen LogP contribution in [0.3, 0.4) is 0 Å². The van der Waals surface area contributed by atoms with E-state index in [9.17, 15) is 0 Å². The van der Waals surface area contributed by atoms with Crippen molar-refractivity contribution in [1.29, 1.82) is 0 Å². The SMILES string of the molecule is C=C(C)NC#C[B]C[C@@H]1CC2CC(C)C(C1P)C2(C)N. The Labute approximate surface area is 127 Å². The van der Waals surface area contributed by atoms with Gasteiger partial charge in [0.2, 0.25) is 7.28 Å². The van der Waals surface area contributed by atoms with E-state index in [-0.39, 0.29) is 5.54 Å². The number of nitrogens with one attached hydrogen (secondary N) is 1. The van der Waals surface area contributed by atoms with Crippen LogP contribution < -0.4 is 11.1 Å². The molecule has 0 amide bonds. The van der Waals surface area contributed by atoms with Gasteiger partial charge in [-0.05, 0) is 62.1 Å². The van der Waals surface area contributed by atoms with Crippen molar-refractivity contribution >= 4 is 16.5 Å². The van der Waals surface area contributed by atoms with Crippen LogP contribution in [0.15, 0.2) is 12.3 Å². The number of rotatable bonds is 3. The monoisotopic (exact) mass is 289 g/mol. The van der Waals surface area contributed by atoms with Gasteiger partial charge in [-0.25, -0.2) is 0 Å². The van der Waals surface area contributed by atoms with E-state index in [1.54, 1.807) is 0 Å². The molecular formula is C16H27BN2P. The molecule has 0 heterocycles. The van der Waals surface area contributed by atoms with E-state index in [4.69, 9.17) is 5.73 Å². The quantitative estimate of drug-likeness (QED) is 0.362. The highest BCUT2D eigenvalue weighted by atomic mass is 31.0. The first-order valence-electron chi connectivity index (χ1n) is 7.62. The normalized spacial score (nSPS) is 42.5. The van der Waals surface area contributed by atoms with Gasteiger partial charge in [0.15, 0.2) is 0 Å². The second-order valence-electron chi connectivity index (χ2n) is 6.99. The lowest BCUT2D eigenvalue weighted by Crippen LogP contribution is -2.55. The first-order chi connectivity index (χ1) is 9.34. The molecular weight excluding hydrogens is 262 g/mol. The number of hydrogen-bond donors (Lipinski definition) is 2. The molecule has 109 valence electrons. The second-order valence-corrected chi connectivity index (χ2v) is 7.76. The number of nitrogens with two attached hydrogens (primary N) is 1. The lowest BCUT2D eigenvalue weighted by molar-refractivity contribution is 0.152. The third-order valence-electron chi connectivity index (χ3n) is 5.28. The van der Waals surface area contributed by atoms with Gasteiger partial charge in [0.25, 0.3) is 0 Å². The van der Waals surface area contributed by atoms with Crippen molar-refractivity contribution < 1.29 is 0 Å². The first-order valence-corrected chi connectivity index (χ1v) is 8.29. The van der Waals surface area contributed by atoms with Crippen LogP contribution in [0.4, 0.5) is 0 Å². The summed E-state index contributed by atoms with van der Waals surface area (Å²) in [4.78, 5) is 0. The Kier molecular flexibility index (Phi) is 4.88. The van der Waals surface area contributed by atoms with Crippen LogP contribution in [-0.2, 0) is 0 Å². The van der Waals surface area contributed by atoms with E-state index < -0.39 is 0 Å². The van der Waals surface area contributed by atoms with Gasteiger partial charge in [-0.3, -0.25) is 0 Å². The summed E-state index contributed by atoms with van der Waals surface area (Å²) in [6.45, 7) is 10.3. The molecule has 0 saturated heterocycles. The molecule has 6 unspecified atom stereocenters. The van der Waals surface area contributed by atoms with E-state index >= 15 is 0 Å². The Morgan fingerprint density at radius 1 is 1.55 bits per heavy atom. The minimum atomic E-state index is 0.0233. The molecule has 1 radical (unpaired) electrons. The molecule has 0 aliphatic heterocycles. The molecule has 0 aromatic rings. The van der Waals surface area contributed by atoms with Gasteiger partial charge in [0.1, 0.15) is 0 Å². The van der Waals surface area contributed by atoms with E-state index in [2.05, 4.69) is 54.1 Å². The highest BCUT2D eigenvalue weighted by Gasteiger charge is 2.55. The fourth-order valence-corrected chi connectivity index (χ4v) is 5.46. The largest absolute Gasteiger partial charge is 0.325 e. The van der Waals surface area contributed by atoms with Crippen molar-refractivity contribution in [1.82, 2.24) is 5.32 Å². The molecule has 2 bridgehead atoms. The van der Waals surface area contributed by atoms with E-state index in [0.29, 0.717) is 23.4 Å². The molecule has 20 heavy (non-hydrogen) atoms. The summed E-state index contributed by atoms with van der Waals surface area (Å²) in [7, 11) is 5.18. The smallest absolute Gasteiger partial charge is 0.218 e. The first kappa shape index (κ1) is 15.9. The molecule has 4 heteroatoms. The number of allylic oxidation sites excluding steroid dienone is 1. The summed E-state index contributed by atoms with van der Waals surface area (Å²) in [5.74, 6) is 5.84. The fourth-order valence-electron chi connectivity index (χ4n) is 4.35. The summed E-state index contributed by atoms with van der Waals surface area (Å²) >= 11 is 0. The molecule has 2 aliphatic rings. The molecule has 2 saturated carbocycles. The zero-order valence-corrected chi connectivity index (χ0v) is 14.1. The molecule has 2 rings (SSSR count). The van der Waals surface area contributed by atoms with Crippen molar-refractivity contribution in [2.24, 2.45) is 29.4 Å². The Morgan fingerprint density at radius 2 is 2.25 bits per heavy atom. The number of hydrogen-bond acceptors (Lipinski definition) is 2. The average molecular weight is 289 g/mol. The highest BCUT2D eigenvalue weighted by Crippen LogP contribution is 2.55. The molecule has 2 nitrogen and oxygen atoms in total. The molecule has 0 aromatic carbocycles. The van der Waals surface area contributed by atoms with Crippen molar-refractivity contribution in [2.45, 2.75) is 51.1 Å². The van der Waals surface area contributed by atoms with Crippen LogP contribution in [-0.4, -0.2) is 18.5 Å². The zero-order chi connectivity index (χ0) is 14.9. The Bertz CT molecular complexity index is 437. The summed E-state index contributed by atoms with van der Waals surface area (Å²) < 4.78 is 0. The standard InChI is InChI=1S/C16H27BN2P/c1-10(2)19-6-5-17-9-12-8-13-7-11(3)14(15(12)20)16(13,4)18/h11-15,19H,1,7-9,18,20H2,2-4H3/t11?,12-,13?,14?,15?,16?/m0/s1. The van der Waals surface area contributed by atoms with Crippen LogP contribution >= 0.6 is 9.24 Å². The van der Waals surface area contributed by atoms with Gasteiger partial charge >= 0.3 is 0 Å². The fraction of sp³-hybridized carbons (Fsp3) is 0.750. The highest BCUT2D eigenvalue weighted by molar-refractivity contribution is 7.17. The van der Waals surface area contributed by atoms with E-state index in [0.717, 1.165) is 17.9 Å². The summed E-state index contributed by atoms with van der Waals surface area (Å²) in [6.07, 6.45) is 3.60. The van der Waals surface area contributed by atoms with Gasteiger partial charge in [0.05, 0.1) is 0 Å². The van der Waals surface area contributed by atoms with Crippen LogP contribution in [0.25, 0.3) is 0 Å². The predicted molar refractivity (Wildman–Crippen MR) is 91.2 cm³/mol. The van der Waals surface area contributed by atoms with Crippen LogP contribution in [0.2, 0.25) is 6.32 Å². The maximum atomic E-state index is 6.61. The Hall–Kier alpha value is -0.445. The lowest BCUT2D eigenvalue weighted by atomic mass is 9.60. The van der Waals surface area contributed by atoms with Gasteiger partial charge in [-0.2, -0.15) is 0 Å². The third kappa shape index (κ3) is 3.08. The predicted octanol–water partition coefficient (Wildman–Crippen LogP) is 2.40. The second kappa shape index (κ2) is 6.12. The molecule has 3 N–H and O–H groups in total. The van der Waals surface area contributed by atoms with Crippen molar-refractivity contribution in [3.8, 4) is 11.9 Å². The molecule has 0 spiro atoms. The number of fused-ring (bicyclic) bond motifs is 2.